The van der Waals surface area contributed by atoms with Gasteiger partial charge in [-0.3, -0.25) is 0 Å². The van der Waals surface area contributed by atoms with Crippen LogP contribution >= 0.6 is 0 Å². The summed E-state index contributed by atoms with van der Waals surface area (Å²) in [6.07, 6.45) is 6.26. The number of fused-ring (bicyclic) bond motifs is 2. The molecule has 2 aromatic rings. The molecule has 3 aliphatic heterocycles. The molecule has 0 radical (unpaired) electrons. The van der Waals surface area contributed by atoms with E-state index in [1.54, 1.807) is 6.20 Å². The predicted octanol–water partition coefficient (Wildman–Crippen LogP) is 2.38. The molecule has 2 N–H and O–H groups in total. The van der Waals surface area contributed by atoms with Crippen LogP contribution in [0.5, 0.6) is 0 Å². The Morgan fingerprint density at radius 3 is 2.90 bits per heavy atom. The van der Waals surface area contributed by atoms with Crippen molar-refractivity contribution in [3.8, 4) is 0 Å². The Labute approximate surface area is 173 Å². The van der Waals surface area contributed by atoms with Gasteiger partial charge in [0.25, 0.3) is 0 Å². The Hall–Kier alpha value is -3.20. The summed E-state index contributed by atoms with van der Waals surface area (Å²) in [6.45, 7) is 8.30. The molecule has 0 aliphatic carbocycles. The fourth-order valence-electron chi connectivity index (χ4n) is 4.23. The molecule has 2 unspecified atom stereocenters. The number of carbonyl (C=O) groups excluding carboxylic acids is 1. The molecule has 0 saturated carbocycles. The van der Waals surface area contributed by atoms with Crippen molar-refractivity contribution < 1.29 is 9.18 Å². The molecule has 2 atom stereocenters. The van der Waals surface area contributed by atoms with Crippen LogP contribution in [0.4, 0.5) is 9.18 Å². The van der Waals surface area contributed by atoms with Crippen molar-refractivity contribution in [3.05, 3.63) is 59.1 Å². The standard InChI is InChI=1S/C21H24FN7O/c1-12-6-15(10-28-9-14(3)24-19(12)28)18-25-20-17(22)7-16(11-29(20)21(30)26-18)27-5-4-23-13(2)8-27/h6-7,9-11,13,18,23H,4-5,8H2,1-3H3,(H,26,30). The summed E-state index contributed by atoms with van der Waals surface area (Å²) in [4.78, 5) is 25.2. The Kier molecular flexibility index (Phi) is 4.35. The topological polar surface area (TPSA) is 77.3 Å². The van der Waals surface area contributed by atoms with Crippen LogP contribution in [0.25, 0.3) is 5.65 Å². The van der Waals surface area contributed by atoms with Crippen LogP contribution in [0.1, 0.15) is 29.9 Å². The number of allylic oxidation sites excluding steroid dienone is 1. The zero-order valence-corrected chi connectivity index (χ0v) is 17.2. The van der Waals surface area contributed by atoms with E-state index in [1.165, 1.54) is 11.0 Å². The monoisotopic (exact) mass is 409 g/mol. The number of carbonyl (C=O) groups is 1. The van der Waals surface area contributed by atoms with Gasteiger partial charge in [0, 0.05) is 55.9 Å². The molecule has 5 rings (SSSR count). The number of amidine groups is 1. The summed E-state index contributed by atoms with van der Waals surface area (Å²) >= 11 is 0. The van der Waals surface area contributed by atoms with Crippen molar-refractivity contribution in [1.29, 1.82) is 0 Å². The molecule has 0 bridgehead atoms. The summed E-state index contributed by atoms with van der Waals surface area (Å²) in [7, 11) is 0. The molecular weight excluding hydrogens is 385 g/mol. The number of nitrogens with one attached hydrogen (secondary N) is 2. The first-order valence-electron chi connectivity index (χ1n) is 10.1. The second kappa shape index (κ2) is 6.94. The summed E-state index contributed by atoms with van der Waals surface area (Å²) in [6, 6.07) is 1.84. The van der Waals surface area contributed by atoms with E-state index in [4.69, 9.17) is 0 Å². The number of aromatic nitrogens is 2. The van der Waals surface area contributed by atoms with Gasteiger partial charge in [0.2, 0.25) is 0 Å². The van der Waals surface area contributed by atoms with Gasteiger partial charge < -0.3 is 19.9 Å². The van der Waals surface area contributed by atoms with Gasteiger partial charge in [0.1, 0.15) is 5.65 Å². The average molecular weight is 409 g/mol. The van der Waals surface area contributed by atoms with Crippen LogP contribution in [0.2, 0.25) is 0 Å². The number of pyridine rings is 1. The second-order valence-corrected chi connectivity index (χ2v) is 8.09. The largest absolute Gasteiger partial charge is 0.367 e. The number of halogens is 1. The van der Waals surface area contributed by atoms with Gasteiger partial charge in [0.15, 0.2) is 17.8 Å². The van der Waals surface area contributed by atoms with Crippen molar-refractivity contribution in [2.45, 2.75) is 33.0 Å². The maximum Gasteiger partial charge on any atom is 0.329 e. The molecule has 9 heteroatoms. The van der Waals surface area contributed by atoms with Crippen LogP contribution in [0.15, 0.2) is 47.3 Å². The SMILES string of the molecule is Cc1cn2cc(C3N=C4C(F)=CC(N5CCNC(C)C5)=CN4C(=O)N3)cc(C)c2n1. The molecule has 156 valence electrons. The first kappa shape index (κ1) is 18.8. The van der Waals surface area contributed by atoms with E-state index < -0.39 is 18.0 Å². The van der Waals surface area contributed by atoms with Gasteiger partial charge in [-0.05, 0) is 32.4 Å². The number of urea groups is 1. The lowest BCUT2D eigenvalue weighted by atomic mass is 10.1. The highest BCUT2D eigenvalue weighted by Crippen LogP contribution is 2.28. The Bertz CT molecular complexity index is 1130. The molecule has 0 aromatic carbocycles. The summed E-state index contributed by atoms with van der Waals surface area (Å²) in [5.41, 5.74) is 4.18. The van der Waals surface area contributed by atoms with Crippen molar-refractivity contribution in [2.24, 2.45) is 4.99 Å². The molecule has 1 saturated heterocycles. The third-order valence-corrected chi connectivity index (χ3v) is 5.63. The molecule has 30 heavy (non-hydrogen) atoms. The van der Waals surface area contributed by atoms with Crippen LogP contribution in [0.3, 0.4) is 0 Å². The lowest BCUT2D eigenvalue weighted by molar-refractivity contribution is 0.218. The van der Waals surface area contributed by atoms with Gasteiger partial charge in [-0.1, -0.05) is 0 Å². The van der Waals surface area contributed by atoms with Gasteiger partial charge in [-0.2, -0.15) is 0 Å². The molecule has 5 heterocycles. The van der Waals surface area contributed by atoms with Crippen LogP contribution < -0.4 is 10.6 Å². The third-order valence-electron chi connectivity index (χ3n) is 5.63. The maximum atomic E-state index is 15.0. The minimum atomic E-state index is -0.664. The minimum Gasteiger partial charge on any atom is -0.367 e. The third kappa shape index (κ3) is 3.15. The number of aryl methyl sites for hydroxylation is 2. The maximum absolute atomic E-state index is 15.0. The zero-order valence-electron chi connectivity index (χ0n) is 17.2. The van der Waals surface area contributed by atoms with E-state index >= 15 is 4.39 Å². The van der Waals surface area contributed by atoms with Crippen molar-refractivity contribution in [3.63, 3.8) is 0 Å². The van der Waals surface area contributed by atoms with Gasteiger partial charge >= 0.3 is 6.03 Å². The number of rotatable bonds is 2. The van der Waals surface area contributed by atoms with Gasteiger partial charge in [0.05, 0.1) is 11.4 Å². The minimum absolute atomic E-state index is 0.0373. The molecule has 8 nitrogen and oxygen atoms in total. The number of aliphatic imine (C=N–C) groups is 1. The Morgan fingerprint density at radius 2 is 2.10 bits per heavy atom. The van der Waals surface area contributed by atoms with Crippen LogP contribution in [0, 0.1) is 13.8 Å². The smallest absolute Gasteiger partial charge is 0.329 e. The molecule has 1 fully saturated rings. The molecule has 3 aliphatic rings. The summed E-state index contributed by atoms with van der Waals surface area (Å²) in [5.74, 6) is -0.468. The number of piperazine rings is 1. The highest BCUT2D eigenvalue weighted by atomic mass is 19.1. The van der Waals surface area contributed by atoms with E-state index in [-0.39, 0.29) is 5.84 Å². The van der Waals surface area contributed by atoms with Crippen molar-refractivity contribution >= 4 is 17.5 Å². The lowest BCUT2D eigenvalue weighted by Gasteiger charge is -2.38. The molecule has 2 aromatic heterocycles. The van der Waals surface area contributed by atoms with Gasteiger partial charge in [-0.25, -0.2) is 24.1 Å². The average Bonchev–Trinajstić information content (AvgIpc) is 3.09. The number of imidazole rings is 1. The summed E-state index contributed by atoms with van der Waals surface area (Å²) < 4.78 is 16.9. The number of hydrogen-bond donors (Lipinski definition) is 2. The second-order valence-electron chi connectivity index (χ2n) is 8.09. The van der Waals surface area contributed by atoms with Gasteiger partial charge in [-0.15, -0.1) is 0 Å². The van der Waals surface area contributed by atoms with Crippen molar-refractivity contribution in [1.82, 2.24) is 29.8 Å². The number of nitrogens with zero attached hydrogens (tertiary/aromatic N) is 5. The van der Waals surface area contributed by atoms with E-state index in [1.807, 2.05) is 36.7 Å². The molecule has 0 spiro atoms. The normalized spacial score (nSPS) is 24.3. The number of amides is 2. The Morgan fingerprint density at radius 1 is 1.27 bits per heavy atom. The molecular formula is C21H24FN7O. The Balaban J connectivity index is 1.48. The predicted molar refractivity (Wildman–Crippen MR) is 112 cm³/mol. The van der Waals surface area contributed by atoms with Crippen molar-refractivity contribution in [2.75, 3.05) is 19.6 Å². The number of hydrogen-bond acceptors (Lipinski definition) is 5. The quantitative estimate of drug-likeness (QED) is 0.799. The van der Waals surface area contributed by atoms with E-state index in [2.05, 4.69) is 32.4 Å². The first-order chi connectivity index (χ1) is 14.4. The summed E-state index contributed by atoms with van der Waals surface area (Å²) in [5, 5.41) is 6.24. The lowest BCUT2D eigenvalue weighted by Crippen LogP contribution is -2.51. The fraction of sp³-hybridized carbons (Fsp3) is 0.381. The van der Waals surface area contributed by atoms with E-state index in [0.29, 0.717) is 11.7 Å². The zero-order chi connectivity index (χ0) is 21.0. The highest BCUT2D eigenvalue weighted by molar-refractivity contribution is 6.09. The first-order valence-corrected chi connectivity index (χ1v) is 10.1. The fourth-order valence-corrected chi connectivity index (χ4v) is 4.23. The van der Waals surface area contributed by atoms with E-state index in [9.17, 15) is 4.79 Å². The molecule has 2 amide bonds. The van der Waals surface area contributed by atoms with Crippen LogP contribution in [-0.2, 0) is 0 Å². The highest BCUT2D eigenvalue weighted by Gasteiger charge is 2.34. The van der Waals surface area contributed by atoms with Crippen LogP contribution in [-0.4, -0.2) is 56.7 Å². The van der Waals surface area contributed by atoms with E-state index in [0.717, 1.165) is 42.1 Å².